The van der Waals surface area contributed by atoms with Gasteiger partial charge in [-0.15, -0.1) is 0 Å². The van der Waals surface area contributed by atoms with Crippen LogP contribution in [0.1, 0.15) is 25.7 Å². The zero-order valence-electron chi connectivity index (χ0n) is 14.7. The van der Waals surface area contributed by atoms with Crippen molar-refractivity contribution in [1.29, 1.82) is 0 Å². The van der Waals surface area contributed by atoms with Crippen LogP contribution in [0.4, 0.5) is 17.3 Å². The van der Waals surface area contributed by atoms with Gasteiger partial charge in [-0.05, 0) is 25.0 Å². The highest BCUT2D eigenvalue weighted by Crippen LogP contribution is 2.21. The molecule has 0 aliphatic heterocycles. The Kier molecular flexibility index (Phi) is 5.99. The van der Waals surface area contributed by atoms with Crippen LogP contribution in [0, 0.1) is 0 Å². The fraction of sp³-hybridized carbons (Fsp3) is 0.250. The number of halogens is 4. The fourth-order valence-electron chi connectivity index (χ4n) is 3.29. The standard InChI is InChI=1S/C20H19NO.BF4/c1-2-8-15(9-3-1)20-14-18(21-16-10-4-5-11-16)17-12-6-7-13-19(17)22-20;2-1(3,4)5/h1-3,6-9,12-14,16H,4-5,10-11H2;/q;-1/p+1. The monoisotopic (exact) mass is 377 g/mol. The van der Waals surface area contributed by atoms with E-state index in [4.69, 9.17) is 4.42 Å². The molecule has 0 bridgehead atoms. The van der Waals surface area contributed by atoms with Crippen LogP contribution in [0.15, 0.2) is 65.1 Å². The fourth-order valence-corrected chi connectivity index (χ4v) is 3.29. The third-order valence-electron chi connectivity index (χ3n) is 4.45. The van der Waals surface area contributed by atoms with Crippen LogP contribution in [-0.4, -0.2) is 13.3 Å². The molecule has 4 rings (SSSR count). The number of fused-ring (bicyclic) bond motifs is 1. The molecule has 7 heteroatoms. The van der Waals surface area contributed by atoms with E-state index < -0.39 is 7.25 Å². The molecule has 1 heterocycles. The van der Waals surface area contributed by atoms with E-state index in [1.165, 1.54) is 31.0 Å². The number of hydrogen-bond acceptors (Lipinski definition) is 1. The first-order valence-electron chi connectivity index (χ1n) is 8.95. The van der Waals surface area contributed by atoms with Gasteiger partial charge in [0.05, 0.1) is 11.5 Å². The van der Waals surface area contributed by atoms with Gasteiger partial charge in [0.15, 0.2) is 6.04 Å². The number of hydrogen-bond donors (Lipinski definition) is 1. The lowest BCUT2D eigenvalue weighted by Crippen LogP contribution is -2.82. The van der Waals surface area contributed by atoms with Crippen molar-refractivity contribution in [2.75, 3.05) is 0 Å². The summed E-state index contributed by atoms with van der Waals surface area (Å²) in [5, 5.41) is 2.35. The molecule has 1 saturated carbocycles. The van der Waals surface area contributed by atoms with Gasteiger partial charge in [0.1, 0.15) is 11.3 Å². The van der Waals surface area contributed by atoms with Crippen molar-refractivity contribution in [3.63, 3.8) is 0 Å². The highest BCUT2D eigenvalue weighted by molar-refractivity contribution is 6.50. The Morgan fingerprint density at radius 1 is 0.852 bits per heavy atom. The summed E-state index contributed by atoms with van der Waals surface area (Å²) in [6.45, 7) is 0. The third-order valence-corrected chi connectivity index (χ3v) is 4.45. The van der Waals surface area contributed by atoms with Gasteiger partial charge in [-0.25, -0.2) is 4.99 Å². The molecule has 0 saturated heterocycles. The Hall–Kier alpha value is -2.57. The van der Waals surface area contributed by atoms with Crippen LogP contribution >= 0.6 is 0 Å². The van der Waals surface area contributed by atoms with E-state index in [2.05, 4.69) is 35.3 Å². The van der Waals surface area contributed by atoms with Gasteiger partial charge in [0.2, 0.25) is 5.36 Å². The number of nitrogens with one attached hydrogen (secondary N) is 1. The minimum Gasteiger partial charge on any atom is -0.456 e. The van der Waals surface area contributed by atoms with Crippen molar-refractivity contribution in [1.82, 2.24) is 0 Å². The number of para-hydroxylation sites is 1. The lowest BCUT2D eigenvalue weighted by Gasteiger charge is -2.03. The van der Waals surface area contributed by atoms with Crippen molar-refractivity contribution >= 4 is 18.2 Å². The second kappa shape index (κ2) is 8.42. The maximum atomic E-state index is 9.75. The lowest BCUT2D eigenvalue weighted by molar-refractivity contribution is -0.540. The molecule has 0 amide bonds. The molecule has 142 valence electrons. The van der Waals surface area contributed by atoms with Crippen molar-refractivity contribution in [2.24, 2.45) is 0 Å². The summed E-state index contributed by atoms with van der Waals surface area (Å²) in [4.78, 5) is 3.73. The van der Waals surface area contributed by atoms with E-state index in [-0.39, 0.29) is 0 Å². The molecule has 27 heavy (non-hydrogen) atoms. The molecule has 0 atom stereocenters. The summed E-state index contributed by atoms with van der Waals surface area (Å²) < 4.78 is 45.1. The third kappa shape index (κ3) is 5.71. The largest absolute Gasteiger partial charge is 0.673 e. The van der Waals surface area contributed by atoms with Crippen LogP contribution < -0.4 is 10.3 Å². The Balaban J connectivity index is 0.000000376. The molecular weight excluding hydrogens is 357 g/mol. The minimum atomic E-state index is -6.00. The topological polar surface area (TPSA) is 27.1 Å². The van der Waals surface area contributed by atoms with Gasteiger partial charge >= 0.3 is 7.25 Å². The maximum absolute atomic E-state index is 9.75. The molecule has 0 unspecified atom stereocenters. The summed E-state index contributed by atoms with van der Waals surface area (Å²) in [6.07, 6.45) is 5.19. The molecule has 3 aromatic rings. The molecule has 2 aromatic carbocycles. The first-order chi connectivity index (χ1) is 12.9. The van der Waals surface area contributed by atoms with Crippen LogP contribution in [-0.2, 0) is 0 Å². The maximum Gasteiger partial charge on any atom is 0.673 e. The molecule has 0 radical (unpaired) electrons. The smallest absolute Gasteiger partial charge is 0.456 e. The van der Waals surface area contributed by atoms with E-state index in [9.17, 15) is 17.3 Å². The normalized spacial score (nSPS) is 15.6. The Labute approximate surface area is 154 Å². The lowest BCUT2D eigenvalue weighted by atomic mass is 10.1. The van der Waals surface area contributed by atoms with E-state index in [1.54, 1.807) is 0 Å². The summed E-state index contributed by atoms with van der Waals surface area (Å²) in [5.41, 5.74) is 2.05. The number of rotatable bonds is 2. The zero-order chi connectivity index (χ0) is 19.3. The van der Waals surface area contributed by atoms with Gasteiger partial charge in [0, 0.05) is 18.4 Å². The van der Waals surface area contributed by atoms with Crippen molar-refractivity contribution in [3.8, 4) is 11.3 Å². The predicted octanol–water partition coefficient (Wildman–Crippen LogP) is 4.32. The van der Waals surface area contributed by atoms with E-state index in [1.807, 2.05) is 30.3 Å². The first-order valence-corrected chi connectivity index (χ1v) is 8.95. The van der Waals surface area contributed by atoms with E-state index >= 15 is 0 Å². The van der Waals surface area contributed by atoms with Crippen LogP contribution in [0.25, 0.3) is 22.3 Å². The number of benzene rings is 2. The molecule has 2 nitrogen and oxygen atoms in total. The van der Waals surface area contributed by atoms with Crippen molar-refractivity contribution in [2.45, 2.75) is 31.7 Å². The summed E-state index contributed by atoms with van der Waals surface area (Å²) in [5.74, 6) is 0.916. The zero-order valence-corrected chi connectivity index (χ0v) is 14.7. The van der Waals surface area contributed by atoms with Gasteiger partial charge in [-0.2, -0.15) is 0 Å². The Bertz CT molecular complexity index is 941. The van der Waals surface area contributed by atoms with Gasteiger partial charge in [-0.3, -0.25) is 0 Å². The van der Waals surface area contributed by atoms with Crippen LogP contribution in [0.2, 0.25) is 0 Å². The molecule has 0 spiro atoms. The average Bonchev–Trinajstić information content (AvgIpc) is 3.14. The summed E-state index contributed by atoms with van der Waals surface area (Å²) in [6, 6.07) is 21.3. The summed E-state index contributed by atoms with van der Waals surface area (Å²) >= 11 is 0. The minimum absolute atomic E-state index is 0.592. The van der Waals surface area contributed by atoms with Gasteiger partial charge in [-0.1, -0.05) is 42.5 Å². The van der Waals surface area contributed by atoms with Crippen LogP contribution in [0.5, 0.6) is 0 Å². The Morgan fingerprint density at radius 3 is 2.11 bits per heavy atom. The molecule has 1 aromatic heterocycles. The second-order valence-electron chi connectivity index (χ2n) is 6.51. The predicted molar refractivity (Wildman–Crippen MR) is 98.2 cm³/mol. The average molecular weight is 377 g/mol. The SMILES string of the molecule is F[B-](F)(F)F.c1ccc(-c2cc(=[NH+]C3CCCC3)c3ccccc3o2)cc1. The highest BCUT2D eigenvalue weighted by atomic mass is 19.5. The quantitative estimate of drug-likeness (QED) is 0.523. The second-order valence-corrected chi connectivity index (χ2v) is 6.51. The first kappa shape index (κ1) is 19.2. The van der Waals surface area contributed by atoms with E-state index in [0.717, 1.165) is 22.3 Å². The molecule has 1 N–H and O–H groups in total. The van der Waals surface area contributed by atoms with Crippen molar-refractivity contribution < 1.29 is 26.7 Å². The summed E-state index contributed by atoms with van der Waals surface area (Å²) in [7, 11) is -6.00. The van der Waals surface area contributed by atoms with Crippen molar-refractivity contribution in [3.05, 3.63) is 66.0 Å². The van der Waals surface area contributed by atoms with E-state index in [0.29, 0.717) is 6.04 Å². The highest BCUT2D eigenvalue weighted by Gasteiger charge is 2.20. The Morgan fingerprint density at radius 2 is 1.44 bits per heavy atom. The van der Waals surface area contributed by atoms with Crippen LogP contribution in [0.3, 0.4) is 0 Å². The van der Waals surface area contributed by atoms with Gasteiger partial charge in [0.25, 0.3) is 0 Å². The van der Waals surface area contributed by atoms with Gasteiger partial charge < -0.3 is 21.7 Å². The molecular formula is C20H20BF4NO. The molecule has 1 fully saturated rings. The molecule has 1 aliphatic carbocycles. The molecule has 1 aliphatic rings.